The predicted octanol–water partition coefficient (Wildman–Crippen LogP) is 4.84. The second-order valence-electron chi connectivity index (χ2n) is 8.83. The molecule has 4 N–H and O–H groups in total. The Morgan fingerprint density at radius 1 is 0.743 bits per heavy atom. The van der Waals surface area contributed by atoms with Gasteiger partial charge in [-0.25, -0.2) is 9.59 Å². The molecule has 0 aliphatic rings. The van der Waals surface area contributed by atoms with Crippen LogP contribution in [0.4, 0.5) is 0 Å². The average molecular weight is 493 g/mol. The van der Waals surface area contributed by atoms with E-state index in [1.165, 1.54) is 38.5 Å². The summed E-state index contributed by atoms with van der Waals surface area (Å²) in [6, 6.07) is 12.5. The van der Waals surface area contributed by atoms with E-state index in [2.05, 4.69) is 27.7 Å². The number of carboxylic acid groups (broad SMARTS) is 2. The maximum atomic E-state index is 10.4. The molecule has 0 spiro atoms. The highest BCUT2D eigenvalue weighted by molar-refractivity contribution is 5.88. The fraction of sp³-hybridized carbons (Fsp3) is 0.481. The predicted molar refractivity (Wildman–Crippen MR) is 135 cm³/mol. The Hall–Kier alpha value is -3.10. The smallest absolute Gasteiger partial charge is 0.335 e. The molecule has 0 aliphatic heterocycles. The van der Waals surface area contributed by atoms with Crippen molar-refractivity contribution in [2.75, 3.05) is 27.4 Å². The van der Waals surface area contributed by atoms with Crippen molar-refractivity contribution in [3.63, 3.8) is 0 Å². The topological polar surface area (TPSA) is 134 Å². The summed E-state index contributed by atoms with van der Waals surface area (Å²) in [5, 5.41) is 35.6. The van der Waals surface area contributed by atoms with Crippen LogP contribution in [0.1, 0.15) is 61.3 Å². The minimum atomic E-state index is -0.923. The fourth-order valence-corrected chi connectivity index (χ4v) is 2.91. The molecule has 0 aliphatic carbocycles. The largest absolute Gasteiger partial charge is 0.497 e. The average Bonchev–Trinajstić information content (AvgIpc) is 2.85. The third kappa shape index (κ3) is 11.7. The summed E-state index contributed by atoms with van der Waals surface area (Å²) in [7, 11) is 3.07. The van der Waals surface area contributed by atoms with E-state index in [-0.39, 0.29) is 29.8 Å². The highest BCUT2D eigenvalue weighted by atomic mass is 16.5. The molecule has 0 atom stereocenters. The van der Waals surface area contributed by atoms with Crippen LogP contribution in [0.2, 0.25) is 0 Å². The van der Waals surface area contributed by atoms with E-state index in [0.29, 0.717) is 23.3 Å². The van der Waals surface area contributed by atoms with Crippen LogP contribution < -0.4 is 9.47 Å². The molecule has 0 bridgehead atoms. The molecular weight excluding hydrogens is 452 g/mol. The molecule has 0 unspecified atom stereocenters. The zero-order valence-corrected chi connectivity index (χ0v) is 21.5. The number of ether oxygens (including phenoxy) is 2. The van der Waals surface area contributed by atoms with Crippen molar-refractivity contribution in [3.8, 4) is 11.5 Å². The number of carbonyl (C=O) groups is 2. The van der Waals surface area contributed by atoms with Crippen LogP contribution in [0.5, 0.6) is 11.5 Å². The van der Waals surface area contributed by atoms with Crippen molar-refractivity contribution in [2.45, 2.75) is 40.5 Å². The Kier molecular flexibility index (Phi) is 15.1. The standard InChI is InChI=1S/C11H24O2.2C8H8O3/c1-9(2)5-6-11(7-12,8-13)10(3)4;2*1-11-7-4-2-6(3-5-7)8(9)10/h9-10,12-13H,5-8H2,1-4H3;2*2-5H,1H3,(H,9,10). The molecular formula is C27H40O8. The van der Waals surface area contributed by atoms with Gasteiger partial charge in [0.25, 0.3) is 0 Å². The van der Waals surface area contributed by atoms with Gasteiger partial charge >= 0.3 is 11.9 Å². The molecule has 2 aromatic carbocycles. The first-order valence-electron chi connectivity index (χ1n) is 11.4. The van der Waals surface area contributed by atoms with Crippen molar-refractivity contribution in [3.05, 3.63) is 59.7 Å². The maximum absolute atomic E-state index is 10.4. The number of hydrogen-bond donors (Lipinski definition) is 4. The minimum Gasteiger partial charge on any atom is -0.497 e. The lowest BCUT2D eigenvalue weighted by atomic mass is 9.74. The van der Waals surface area contributed by atoms with Gasteiger partial charge in [-0.1, -0.05) is 34.1 Å². The number of aromatic carboxylic acids is 2. The van der Waals surface area contributed by atoms with Crippen LogP contribution in [0, 0.1) is 17.3 Å². The summed E-state index contributed by atoms with van der Waals surface area (Å²) in [6.45, 7) is 8.64. The van der Waals surface area contributed by atoms with Crippen molar-refractivity contribution < 1.29 is 39.5 Å². The minimum absolute atomic E-state index is 0.0912. The van der Waals surface area contributed by atoms with Crippen molar-refractivity contribution in [1.29, 1.82) is 0 Å². The first-order valence-corrected chi connectivity index (χ1v) is 11.4. The molecule has 2 rings (SSSR count). The Balaban J connectivity index is 0.000000497. The van der Waals surface area contributed by atoms with Crippen molar-refractivity contribution in [2.24, 2.45) is 17.3 Å². The van der Waals surface area contributed by atoms with Crippen molar-refractivity contribution >= 4 is 11.9 Å². The van der Waals surface area contributed by atoms with E-state index in [4.69, 9.17) is 19.7 Å². The first-order chi connectivity index (χ1) is 16.5. The van der Waals surface area contributed by atoms with Gasteiger partial charge < -0.3 is 29.9 Å². The normalized spacial score (nSPS) is 10.6. The van der Waals surface area contributed by atoms with Gasteiger partial charge in [-0.05, 0) is 66.8 Å². The van der Waals surface area contributed by atoms with Gasteiger partial charge in [0.15, 0.2) is 0 Å². The van der Waals surface area contributed by atoms with Gasteiger partial charge in [0.05, 0.1) is 38.6 Å². The van der Waals surface area contributed by atoms with E-state index >= 15 is 0 Å². The molecule has 0 saturated heterocycles. The van der Waals surface area contributed by atoms with Crippen LogP contribution in [0.15, 0.2) is 48.5 Å². The van der Waals surface area contributed by atoms with E-state index in [1.54, 1.807) is 24.3 Å². The fourth-order valence-electron chi connectivity index (χ4n) is 2.91. The number of methoxy groups -OCH3 is 2. The van der Waals surface area contributed by atoms with E-state index < -0.39 is 11.9 Å². The van der Waals surface area contributed by atoms with Gasteiger partial charge in [-0.3, -0.25) is 0 Å². The number of aliphatic hydroxyl groups excluding tert-OH is 2. The third-order valence-electron chi connectivity index (χ3n) is 5.75. The first kappa shape index (κ1) is 31.9. The summed E-state index contributed by atoms with van der Waals surface area (Å²) in [5.41, 5.74) is 0.265. The Morgan fingerprint density at radius 2 is 1.09 bits per heavy atom. The van der Waals surface area contributed by atoms with Gasteiger partial charge in [0, 0.05) is 5.41 Å². The molecule has 196 valence electrons. The molecule has 0 saturated carbocycles. The molecule has 0 amide bonds. The SMILES string of the molecule is CC(C)CCC(CO)(CO)C(C)C.COc1ccc(C(=O)O)cc1.COc1ccc(C(=O)O)cc1. The lowest BCUT2D eigenvalue weighted by Crippen LogP contribution is -2.35. The monoisotopic (exact) mass is 492 g/mol. The van der Waals surface area contributed by atoms with E-state index in [1.807, 2.05) is 0 Å². The number of benzene rings is 2. The summed E-state index contributed by atoms with van der Waals surface area (Å²) in [4.78, 5) is 20.7. The molecule has 2 aromatic rings. The van der Waals surface area contributed by atoms with Crippen LogP contribution in [0.3, 0.4) is 0 Å². The van der Waals surface area contributed by atoms with Crippen LogP contribution in [0.25, 0.3) is 0 Å². The van der Waals surface area contributed by atoms with E-state index in [0.717, 1.165) is 12.8 Å². The molecule has 35 heavy (non-hydrogen) atoms. The van der Waals surface area contributed by atoms with Crippen LogP contribution >= 0.6 is 0 Å². The number of carboxylic acids is 2. The second kappa shape index (κ2) is 16.5. The van der Waals surface area contributed by atoms with Gasteiger partial charge in [-0.2, -0.15) is 0 Å². The summed E-state index contributed by atoms with van der Waals surface area (Å²) < 4.78 is 9.71. The molecule has 0 aromatic heterocycles. The molecule has 8 heteroatoms. The van der Waals surface area contributed by atoms with Crippen LogP contribution in [-0.4, -0.2) is 59.8 Å². The number of hydrogen-bond acceptors (Lipinski definition) is 6. The van der Waals surface area contributed by atoms with Gasteiger partial charge in [0.2, 0.25) is 0 Å². The summed E-state index contributed by atoms with van der Waals surface area (Å²) in [6.07, 6.45) is 1.98. The van der Waals surface area contributed by atoms with Gasteiger partial charge in [-0.15, -0.1) is 0 Å². The maximum Gasteiger partial charge on any atom is 0.335 e. The highest BCUT2D eigenvalue weighted by Crippen LogP contribution is 2.33. The zero-order chi connectivity index (χ0) is 27.0. The lowest BCUT2D eigenvalue weighted by molar-refractivity contribution is 0.00496. The zero-order valence-electron chi connectivity index (χ0n) is 21.5. The van der Waals surface area contributed by atoms with Gasteiger partial charge in [0.1, 0.15) is 11.5 Å². The summed E-state index contributed by atoms with van der Waals surface area (Å²) in [5.74, 6) is 0.447. The van der Waals surface area contributed by atoms with Crippen LogP contribution in [-0.2, 0) is 0 Å². The Morgan fingerprint density at radius 3 is 1.29 bits per heavy atom. The third-order valence-corrected chi connectivity index (χ3v) is 5.75. The quantitative estimate of drug-likeness (QED) is 0.370. The molecule has 0 fully saturated rings. The molecule has 0 heterocycles. The molecule has 0 radical (unpaired) electrons. The Labute approximate surface area is 208 Å². The Bertz CT molecular complexity index is 796. The second-order valence-corrected chi connectivity index (χ2v) is 8.83. The lowest BCUT2D eigenvalue weighted by Gasteiger charge is -2.34. The number of rotatable bonds is 10. The van der Waals surface area contributed by atoms with Crippen molar-refractivity contribution in [1.82, 2.24) is 0 Å². The summed E-state index contributed by atoms with van der Waals surface area (Å²) >= 11 is 0. The van der Waals surface area contributed by atoms with E-state index in [9.17, 15) is 19.8 Å². The number of aliphatic hydroxyl groups is 2. The molecule has 8 nitrogen and oxygen atoms in total. The highest BCUT2D eigenvalue weighted by Gasteiger charge is 2.32.